The van der Waals surface area contributed by atoms with E-state index in [9.17, 15) is 14.7 Å². The van der Waals surface area contributed by atoms with Gasteiger partial charge >= 0.3 is 5.69 Å². The molecule has 0 spiro atoms. The van der Waals surface area contributed by atoms with Gasteiger partial charge in [0.05, 0.1) is 30.7 Å². The maximum absolute atomic E-state index is 13.3. The number of aliphatic hydroxyl groups excluding tert-OH is 1. The number of benzene rings is 2. The molecule has 168 valence electrons. The molecule has 1 fully saturated rings. The lowest BCUT2D eigenvalue weighted by Crippen LogP contribution is -2.45. The summed E-state index contributed by atoms with van der Waals surface area (Å²) < 4.78 is 8.19. The fourth-order valence-corrected chi connectivity index (χ4v) is 4.70. The molecule has 2 heterocycles. The van der Waals surface area contributed by atoms with Gasteiger partial charge < -0.3 is 9.84 Å². The Morgan fingerprint density at radius 3 is 2.59 bits per heavy atom. The molecular weight excluding hydrogens is 406 g/mol. The molecular formula is C25H29N3O4. The van der Waals surface area contributed by atoms with Gasteiger partial charge in [0, 0.05) is 26.2 Å². The van der Waals surface area contributed by atoms with Crippen LogP contribution in [0, 0.1) is 5.92 Å². The smallest absolute Gasteiger partial charge is 0.331 e. The van der Waals surface area contributed by atoms with Crippen molar-refractivity contribution in [2.45, 2.75) is 45.0 Å². The lowest BCUT2D eigenvalue weighted by molar-refractivity contribution is 0.0896. The molecule has 0 amide bonds. The minimum absolute atomic E-state index is 0.0202. The number of rotatable bonds is 7. The maximum atomic E-state index is 13.3. The Labute approximate surface area is 186 Å². The van der Waals surface area contributed by atoms with Gasteiger partial charge in [-0.05, 0) is 54.5 Å². The largest absolute Gasteiger partial charge is 0.497 e. The van der Waals surface area contributed by atoms with Gasteiger partial charge in [-0.15, -0.1) is 0 Å². The Bertz CT molecular complexity index is 1260. The van der Waals surface area contributed by atoms with E-state index >= 15 is 0 Å². The Kier molecular flexibility index (Phi) is 5.61. The van der Waals surface area contributed by atoms with E-state index in [4.69, 9.17) is 4.74 Å². The third kappa shape index (κ3) is 4.10. The molecule has 32 heavy (non-hydrogen) atoms. The molecule has 1 aliphatic carbocycles. The first-order valence-electron chi connectivity index (χ1n) is 11.3. The van der Waals surface area contributed by atoms with Gasteiger partial charge in [-0.1, -0.05) is 24.3 Å². The molecule has 1 aromatic heterocycles. The van der Waals surface area contributed by atoms with Gasteiger partial charge in [-0.2, -0.15) is 0 Å². The first kappa shape index (κ1) is 21.0. The summed E-state index contributed by atoms with van der Waals surface area (Å²) in [6.07, 6.45) is 2.32. The van der Waals surface area contributed by atoms with Crippen molar-refractivity contribution < 1.29 is 9.84 Å². The molecule has 1 aliphatic heterocycles. The van der Waals surface area contributed by atoms with Crippen LogP contribution in [0.1, 0.15) is 24.0 Å². The minimum Gasteiger partial charge on any atom is -0.497 e. The van der Waals surface area contributed by atoms with Crippen LogP contribution in [0.3, 0.4) is 0 Å². The average Bonchev–Trinajstić information content (AvgIpc) is 3.63. The van der Waals surface area contributed by atoms with Crippen LogP contribution in [0.2, 0.25) is 0 Å². The van der Waals surface area contributed by atoms with Gasteiger partial charge in [0.25, 0.3) is 5.56 Å². The number of hydrogen-bond acceptors (Lipinski definition) is 5. The normalized spacial score (nSPS) is 17.3. The predicted octanol–water partition coefficient (Wildman–Crippen LogP) is 2.00. The Morgan fingerprint density at radius 1 is 1.06 bits per heavy atom. The lowest BCUT2D eigenvalue weighted by Gasteiger charge is -2.30. The molecule has 1 atom stereocenters. The number of ether oxygens (including phenoxy) is 1. The van der Waals surface area contributed by atoms with Crippen molar-refractivity contribution in [3.05, 3.63) is 74.4 Å². The summed E-state index contributed by atoms with van der Waals surface area (Å²) in [5, 5.41) is 11.3. The highest BCUT2D eigenvalue weighted by Gasteiger charge is 2.25. The van der Waals surface area contributed by atoms with Crippen molar-refractivity contribution in [3.63, 3.8) is 0 Å². The highest BCUT2D eigenvalue weighted by molar-refractivity contribution is 5.79. The zero-order valence-electron chi connectivity index (χ0n) is 18.4. The molecule has 5 rings (SSSR count). The molecule has 0 saturated heterocycles. The standard InChI is InChI=1S/C25H29N3O4/c1-32-21-8-9-23-22(12-21)24(30)28(25(31)27(23)13-17-6-7-17)16-20(29)15-26-11-10-18-4-2-3-5-19(18)14-26/h2-5,8-9,12,17,20,29H,6-7,10-11,13-16H2,1H3/t20-/m1/s1. The third-order valence-electron chi connectivity index (χ3n) is 6.64. The zero-order valence-corrected chi connectivity index (χ0v) is 18.4. The monoisotopic (exact) mass is 435 g/mol. The molecule has 0 bridgehead atoms. The van der Waals surface area contributed by atoms with Crippen LogP contribution < -0.4 is 16.0 Å². The molecule has 3 aromatic rings. The van der Waals surface area contributed by atoms with E-state index in [0.717, 1.165) is 32.4 Å². The second kappa shape index (κ2) is 8.56. The Morgan fingerprint density at radius 2 is 1.84 bits per heavy atom. The van der Waals surface area contributed by atoms with Crippen molar-refractivity contribution >= 4 is 10.9 Å². The van der Waals surface area contributed by atoms with Crippen LogP contribution in [0.4, 0.5) is 0 Å². The van der Waals surface area contributed by atoms with Crippen LogP contribution in [-0.4, -0.2) is 45.4 Å². The SMILES string of the molecule is COc1ccc2c(c1)c(=O)n(C[C@H](O)CN1CCc3ccccc3C1)c(=O)n2CC1CC1. The summed E-state index contributed by atoms with van der Waals surface area (Å²) >= 11 is 0. The zero-order chi connectivity index (χ0) is 22.2. The van der Waals surface area contributed by atoms with Gasteiger partial charge in [0.15, 0.2) is 0 Å². The van der Waals surface area contributed by atoms with E-state index in [1.165, 1.54) is 15.7 Å². The Hall–Kier alpha value is -2.90. The average molecular weight is 436 g/mol. The van der Waals surface area contributed by atoms with E-state index in [2.05, 4.69) is 23.1 Å². The molecule has 1 saturated carbocycles. The number of nitrogens with zero attached hydrogens (tertiary/aromatic N) is 3. The molecule has 0 radical (unpaired) electrons. The van der Waals surface area contributed by atoms with Crippen LogP contribution >= 0.6 is 0 Å². The number of fused-ring (bicyclic) bond motifs is 2. The van der Waals surface area contributed by atoms with Gasteiger partial charge in [0.2, 0.25) is 0 Å². The van der Waals surface area contributed by atoms with Crippen molar-refractivity contribution in [1.29, 1.82) is 0 Å². The molecule has 2 aliphatic rings. The second-order valence-electron chi connectivity index (χ2n) is 9.04. The second-order valence-corrected chi connectivity index (χ2v) is 9.04. The van der Waals surface area contributed by atoms with Gasteiger partial charge in [-0.25, -0.2) is 4.79 Å². The Balaban J connectivity index is 1.43. The van der Waals surface area contributed by atoms with E-state index in [-0.39, 0.29) is 17.8 Å². The maximum Gasteiger partial charge on any atom is 0.331 e. The lowest BCUT2D eigenvalue weighted by atomic mass is 10.00. The molecule has 2 aromatic carbocycles. The first-order chi connectivity index (χ1) is 15.5. The van der Waals surface area contributed by atoms with Gasteiger partial charge in [0.1, 0.15) is 5.75 Å². The minimum atomic E-state index is -0.817. The molecule has 1 N–H and O–H groups in total. The fourth-order valence-electron chi connectivity index (χ4n) is 4.70. The predicted molar refractivity (Wildman–Crippen MR) is 123 cm³/mol. The number of methoxy groups -OCH3 is 1. The quantitative estimate of drug-likeness (QED) is 0.614. The molecule has 0 unspecified atom stereocenters. The fraction of sp³-hybridized carbons (Fsp3) is 0.440. The third-order valence-corrected chi connectivity index (χ3v) is 6.64. The van der Waals surface area contributed by atoms with E-state index in [1.807, 2.05) is 6.07 Å². The van der Waals surface area contributed by atoms with Crippen LogP contribution in [0.25, 0.3) is 10.9 Å². The summed E-state index contributed by atoms with van der Waals surface area (Å²) in [6.45, 7) is 2.61. The van der Waals surface area contributed by atoms with Crippen LogP contribution in [0.5, 0.6) is 5.75 Å². The summed E-state index contributed by atoms with van der Waals surface area (Å²) in [5.74, 6) is 1.05. The first-order valence-corrected chi connectivity index (χ1v) is 11.3. The van der Waals surface area contributed by atoms with Crippen molar-refractivity contribution in [2.24, 2.45) is 5.92 Å². The summed E-state index contributed by atoms with van der Waals surface area (Å²) in [4.78, 5) is 28.7. The van der Waals surface area contributed by atoms with Crippen molar-refractivity contribution in [1.82, 2.24) is 14.0 Å². The summed E-state index contributed by atoms with van der Waals surface area (Å²) in [6, 6.07) is 13.6. The number of β-amino-alcohol motifs (C(OH)–C–C–N with tert-alkyl or cyclic N) is 1. The number of aromatic nitrogens is 2. The number of aliphatic hydroxyl groups is 1. The van der Waals surface area contributed by atoms with Crippen molar-refractivity contribution in [2.75, 3.05) is 20.2 Å². The summed E-state index contributed by atoms with van der Waals surface area (Å²) in [7, 11) is 1.56. The van der Waals surface area contributed by atoms with Crippen LogP contribution in [-0.2, 0) is 26.1 Å². The topological polar surface area (TPSA) is 76.7 Å². The number of hydrogen-bond donors (Lipinski definition) is 1. The van der Waals surface area contributed by atoms with E-state index < -0.39 is 6.10 Å². The van der Waals surface area contributed by atoms with E-state index in [0.29, 0.717) is 35.7 Å². The van der Waals surface area contributed by atoms with Crippen molar-refractivity contribution in [3.8, 4) is 5.75 Å². The molecule has 7 heteroatoms. The highest BCUT2D eigenvalue weighted by Crippen LogP contribution is 2.31. The summed E-state index contributed by atoms with van der Waals surface area (Å²) in [5.41, 5.74) is 2.53. The highest BCUT2D eigenvalue weighted by atomic mass is 16.5. The van der Waals surface area contributed by atoms with Crippen LogP contribution in [0.15, 0.2) is 52.1 Å². The van der Waals surface area contributed by atoms with E-state index in [1.54, 1.807) is 29.9 Å². The van der Waals surface area contributed by atoms with Gasteiger partial charge in [-0.3, -0.25) is 18.8 Å². The molecule has 7 nitrogen and oxygen atoms in total.